The van der Waals surface area contributed by atoms with E-state index in [0.717, 1.165) is 5.56 Å². The van der Waals surface area contributed by atoms with Crippen LogP contribution in [-0.4, -0.2) is 50.3 Å². The Labute approximate surface area is 228 Å². The van der Waals surface area contributed by atoms with Gasteiger partial charge in [-0.05, 0) is 42.7 Å². The zero-order valence-electron chi connectivity index (χ0n) is 20.6. The van der Waals surface area contributed by atoms with Crippen molar-refractivity contribution in [1.82, 2.24) is 9.21 Å². The maximum Gasteiger partial charge on any atom is 0.244 e. The average molecular weight is 562 g/mol. The number of halogens is 2. The predicted molar refractivity (Wildman–Crippen MR) is 146 cm³/mol. The molecule has 1 amide bonds. The highest BCUT2D eigenvalue weighted by Gasteiger charge is 2.43. The molecule has 1 unspecified atom stereocenters. The Hall–Kier alpha value is -2.58. The van der Waals surface area contributed by atoms with Gasteiger partial charge < -0.3 is 9.64 Å². The number of carbonyl (C=O) groups is 1. The van der Waals surface area contributed by atoms with Crippen molar-refractivity contribution in [3.63, 3.8) is 0 Å². The van der Waals surface area contributed by atoms with Crippen molar-refractivity contribution in [3.05, 3.63) is 94.5 Å². The van der Waals surface area contributed by atoms with Crippen LogP contribution in [0.5, 0.6) is 5.75 Å². The van der Waals surface area contributed by atoms with Crippen LogP contribution in [0.4, 0.5) is 0 Å². The van der Waals surface area contributed by atoms with E-state index < -0.39 is 15.4 Å². The van der Waals surface area contributed by atoms with Crippen molar-refractivity contribution < 1.29 is 17.9 Å². The Balaban J connectivity index is 1.59. The Kier molecular flexibility index (Phi) is 8.80. The lowest BCUT2D eigenvalue weighted by atomic mass is 9.78. The molecule has 1 aliphatic rings. The van der Waals surface area contributed by atoms with Crippen LogP contribution in [0.2, 0.25) is 10.0 Å². The number of sulfonamides is 1. The fourth-order valence-electron chi connectivity index (χ4n) is 4.66. The van der Waals surface area contributed by atoms with Gasteiger partial charge in [-0.3, -0.25) is 4.79 Å². The smallest absolute Gasteiger partial charge is 0.244 e. The molecule has 1 aliphatic heterocycles. The normalized spacial score (nSPS) is 18.4. The first-order chi connectivity index (χ1) is 17.7. The highest BCUT2D eigenvalue weighted by Crippen LogP contribution is 2.39. The fraction of sp³-hybridized carbons (Fsp3) is 0.321. The number of para-hydroxylation sites is 1. The summed E-state index contributed by atoms with van der Waals surface area (Å²) >= 11 is 12.4. The van der Waals surface area contributed by atoms with Gasteiger partial charge in [0.1, 0.15) is 10.6 Å². The largest absolute Gasteiger partial charge is 0.493 e. The lowest BCUT2D eigenvalue weighted by Gasteiger charge is -2.42. The van der Waals surface area contributed by atoms with Gasteiger partial charge in [0.05, 0.1) is 16.7 Å². The third kappa shape index (κ3) is 6.65. The summed E-state index contributed by atoms with van der Waals surface area (Å²) in [5.74, 6) is 0.602. The first kappa shape index (κ1) is 27.5. The minimum absolute atomic E-state index is 0.000420. The number of carbonyl (C=O) groups excluding carboxylic acids is 1. The van der Waals surface area contributed by atoms with Crippen LogP contribution in [0.3, 0.4) is 0 Å². The van der Waals surface area contributed by atoms with Gasteiger partial charge in [0.2, 0.25) is 15.9 Å². The van der Waals surface area contributed by atoms with Gasteiger partial charge >= 0.3 is 0 Å². The standard InChI is InChI=1S/C28H30Cl2N2O4S/c1-31(19-22-10-4-2-5-11-22)26(33)18-28(21-36-23-12-6-3-7-13-23)16-9-17-32(20-28)37(34,35)25-15-8-14-24(29)27(25)30/h2-8,10-15H,9,16-21H2,1H3. The van der Waals surface area contributed by atoms with E-state index in [-0.39, 0.29) is 40.4 Å². The zero-order chi connectivity index (χ0) is 26.5. The van der Waals surface area contributed by atoms with Crippen LogP contribution in [-0.2, 0) is 21.4 Å². The topological polar surface area (TPSA) is 66.9 Å². The molecule has 37 heavy (non-hydrogen) atoms. The van der Waals surface area contributed by atoms with E-state index in [2.05, 4.69) is 0 Å². The first-order valence-corrected chi connectivity index (χ1v) is 14.3. The van der Waals surface area contributed by atoms with Gasteiger partial charge in [-0.1, -0.05) is 77.8 Å². The third-order valence-corrected chi connectivity index (χ3v) is 9.48. The van der Waals surface area contributed by atoms with Crippen molar-refractivity contribution in [2.75, 3.05) is 26.7 Å². The third-order valence-electron chi connectivity index (χ3n) is 6.66. The van der Waals surface area contributed by atoms with Gasteiger partial charge in [-0.15, -0.1) is 0 Å². The van der Waals surface area contributed by atoms with E-state index in [1.165, 1.54) is 10.4 Å². The maximum absolute atomic E-state index is 13.6. The molecule has 0 N–H and O–H groups in total. The Morgan fingerprint density at radius 1 is 1.00 bits per heavy atom. The maximum atomic E-state index is 13.6. The minimum atomic E-state index is -3.94. The second-order valence-electron chi connectivity index (χ2n) is 9.51. The molecule has 1 saturated heterocycles. The van der Waals surface area contributed by atoms with Crippen LogP contribution < -0.4 is 4.74 Å². The summed E-state index contributed by atoms with van der Waals surface area (Å²) in [6.45, 7) is 1.13. The quantitative estimate of drug-likeness (QED) is 0.327. The summed E-state index contributed by atoms with van der Waals surface area (Å²) in [5, 5.41) is 0.177. The van der Waals surface area contributed by atoms with Crippen LogP contribution in [0.15, 0.2) is 83.8 Å². The number of hydrogen-bond acceptors (Lipinski definition) is 4. The molecule has 0 bridgehead atoms. The van der Waals surface area contributed by atoms with Crippen molar-refractivity contribution in [1.29, 1.82) is 0 Å². The summed E-state index contributed by atoms with van der Waals surface area (Å²) in [5.41, 5.74) is 0.310. The van der Waals surface area contributed by atoms with E-state index in [0.29, 0.717) is 31.7 Å². The molecule has 4 rings (SSSR count). The molecule has 1 heterocycles. The second-order valence-corrected chi connectivity index (χ2v) is 12.2. The van der Waals surface area contributed by atoms with Crippen molar-refractivity contribution in [3.8, 4) is 5.75 Å². The van der Waals surface area contributed by atoms with E-state index in [1.807, 2.05) is 60.7 Å². The van der Waals surface area contributed by atoms with Crippen molar-refractivity contribution in [2.45, 2.75) is 30.7 Å². The first-order valence-electron chi connectivity index (χ1n) is 12.1. The molecule has 0 radical (unpaired) electrons. The summed E-state index contributed by atoms with van der Waals surface area (Å²) in [6.07, 6.45) is 1.39. The molecule has 3 aromatic rings. The van der Waals surface area contributed by atoms with Crippen LogP contribution >= 0.6 is 23.2 Å². The van der Waals surface area contributed by atoms with Gasteiger partial charge in [-0.25, -0.2) is 8.42 Å². The van der Waals surface area contributed by atoms with E-state index >= 15 is 0 Å². The number of amides is 1. The number of hydrogen-bond donors (Lipinski definition) is 0. The molecular weight excluding hydrogens is 531 g/mol. The highest BCUT2D eigenvalue weighted by molar-refractivity contribution is 7.89. The summed E-state index contributed by atoms with van der Waals surface area (Å²) in [7, 11) is -2.17. The molecule has 196 valence electrons. The number of rotatable bonds is 9. The van der Waals surface area contributed by atoms with E-state index in [4.69, 9.17) is 27.9 Å². The molecule has 0 aliphatic carbocycles. The van der Waals surface area contributed by atoms with Gasteiger partial charge in [0.15, 0.2) is 0 Å². The molecule has 0 spiro atoms. The molecular formula is C28H30Cl2N2O4S. The lowest BCUT2D eigenvalue weighted by molar-refractivity contribution is -0.134. The SMILES string of the molecule is CN(Cc1ccccc1)C(=O)CC1(COc2ccccc2)CCCN(S(=O)(=O)c2cccc(Cl)c2Cl)C1. The minimum Gasteiger partial charge on any atom is -0.493 e. The van der Waals surface area contributed by atoms with Gasteiger partial charge in [0, 0.05) is 38.5 Å². The molecule has 3 aromatic carbocycles. The molecule has 0 saturated carbocycles. The van der Waals surface area contributed by atoms with E-state index in [9.17, 15) is 13.2 Å². The van der Waals surface area contributed by atoms with Crippen LogP contribution in [0, 0.1) is 5.41 Å². The highest BCUT2D eigenvalue weighted by atomic mass is 35.5. The molecule has 9 heteroatoms. The number of nitrogens with zero attached hydrogens (tertiary/aromatic N) is 2. The Bertz CT molecular complexity index is 1320. The molecule has 1 atom stereocenters. The Morgan fingerprint density at radius 3 is 2.38 bits per heavy atom. The second kappa shape index (κ2) is 11.9. The summed E-state index contributed by atoms with van der Waals surface area (Å²) in [6, 6.07) is 23.7. The van der Waals surface area contributed by atoms with Gasteiger partial charge in [-0.2, -0.15) is 4.31 Å². The molecule has 1 fully saturated rings. The van der Waals surface area contributed by atoms with Crippen LogP contribution in [0.1, 0.15) is 24.8 Å². The van der Waals surface area contributed by atoms with Crippen molar-refractivity contribution in [2.24, 2.45) is 5.41 Å². The number of benzene rings is 3. The molecule has 0 aromatic heterocycles. The summed E-state index contributed by atoms with van der Waals surface area (Å²) in [4.78, 5) is 15.1. The average Bonchev–Trinajstić information content (AvgIpc) is 2.90. The van der Waals surface area contributed by atoms with E-state index in [1.54, 1.807) is 24.1 Å². The van der Waals surface area contributed by atoms with Crippen molar-refractivity contribution >= 4 is 39.1 Å². The monoisotopic (exact) mass is 560 g/mol. The lowest BCUT2D eigenvalue weighted by Crippen LogP contribution is -2.50. The number of ether oxygens (including phenoxy) is 1. The fourth-order valence-corrected chi connectivity index (χ4v) is 6.99. The predicted octanol–water partition coefficient (Wildman–Crippen LogP) is 5.89. The zero-order valence-corrected chi connectivity index (χ0v) is 23.0. The summed E-state index contributed by atoms with van der Waals surface area (Å²) < 4.78 is 34.8. The van der Waals surface area contributed by atoms with Crippen LogP contribution in [0.25, 0.3) is 0 Å². The number of piperidine rings is 1. The molecule has 6 nitrogen and oxygen atoms in total. The Morgan fingerprint density at radius 2 is 1.68 bits per heavy atom. The van der Waals surface area contributed by atoms with Gasteiger partial charge in [0.25, 0.3) is 0 Å².